The van der Waals surface area contributed by atoms with E-state index < -0.39 is 0 Å². The molecule has 1 aliphatic carbocycles. The Morgan fingerprint density at radius 2 is 2.00 bits per heavy atom. The first-order chi connectivity index (χ1) is 7.25. The molecule has 1 heterocycles. The summed E-state index contributed by atoms with van der Waals surface area (Å²) < 4.78 is 0. The zero-order valence-electron chi connectivity index (χ0n) is 10.3. The van der Waals surface area contributed by atoms with Crippen molar-refractivity contribution in [2.75, 3.05) is 19.6 Å². The molecular weight excluding hydrogens is 184 g/mol. The molecule has 0 radical (unpaired) electrons. The van der Waals surface area contributed by atoms with Crippen LogP contribution in [-0.2, 0) is 0 Å². The van der Waals surface area contributed by atoms with E-state index in [-0.39, 0.29) is 0 Å². The monoisotopic (exact) mass is 210 g/mol. The van der Waals surface area contributed by atoms with Crippen LogP contribution in [0.4, 0.5) is 0 Å². The van der Waals surface area contributed by atoms with E-state index in [2.05, 4.69) is 24.1 Å². The van der Waals surface area contributed by atoms with Gasteiger partial charge >= 0.3 is 0 Å². The maximum atomic E-state index is 3.72. The lowest BCUT2D eigenvalue weighted by atomic mass is 9.91. The summed E-state index contributed by atoms with van der Waals surface area (Å²) >= 11 is 0. The van der Waals surface area contributed by atoms with Crippen molar-refractivity contribution >= 4 is 0 Å². The van der Waals surface area contributed by atoms with Gasteiger partial charge < -0.3 is 10.2 Å². The van der Waals surface area contributed by atoms with Crippen LogP contribution in [0.25, 0.3) is 0 Å². The lowest BCUT2D eigenvalue weighted by molar-refractivity contribution is 0.134. The molecule has 0 aromatic rings. The van der Waals surface area contributed by atoms with Gasteiger partial charge in [0.25, 0.3) is 0 Å². The quantitative estimate of drug-likeness (QED) is 0.765. The summed E-state index contributed by atoms with van der Waals surface area (Å²) in [6.07, 6.45) is 7.11. The third kappa shape index (κ3) is 3.18. The second-order valence-corrected chi connectivity index (χ2v) is 5.63. The molecule has 2 rings (SSSR count). The number of rotatable bonds is 4. The molecule has 0 spiro atoms. The van der Waals surface area contributed by atoms with E-state index in [0.717, 1.165) is 18.0 Å². The molecule has 1 aliphatic heterocycles. The Balaban J connectivity index is 1.67. The molecule has 1 unspecified atom stereocenters. The number of nitrogens with zero attached hydrogens (tertiary/aromatic N) is 1. The fourth-order valence-corrected chi connectivity index (χ4v) is 2.68. The van der Waals surface area contributed by atoms with Crippen molar-refractivity contribution < 1.29 is 0 Å². The molecule has 2 fully saturated rings. The van der Waals surface area contributed by atoms with Crippen molar-refractivity contribution in [1.82, 2.24) is 10.2 Å². The Labute approximate surface area is 94.4 Å². The van der Waals surface area contributed by atoms with Crippen LogP contribution in [0.2, 0.25) is 0 Å². The molecular formula is C13H26N2. The van der Waals surface area contributed by atoms with Gasteiger partial charge in [0.2, 0.25) is 0 Å². The zero-order chi connectivity index (χ0) is 10.7. The van der Waals surface area contributed by atoms with E-state index >= 15 is 0 Å². The molecule has 1 atom stereocenters. The first-order valence-electron chi connectivity index (χ1n) is 6.73. The highest BCUT2D eigenvalue weighted by Gasteiger charge is 2.23. The lowest BCUT2D eigenvalue weighted by Gasteiger charge is -2.37. The number of hydrogen-bond acceptors (Lipinski definition) is 2. The fourth-order valence-electron chi connectivity index (χ4n) is 2.68. The molecule has 2 aliphatic rings. The summed E-state index contributed by atoms with van der Waals surface area (Å²) in [5.41, 5.74) is 0. The van der Waals surface area contributed by atoms with Crippen molar-refractivity contribution in [3.05, 3.63) is 0 Å². The second-order valence-electron chi connectivity index (χ2n) is 5.63. The number of hydrogen-bond donors (Lipinski definition) is 1. The van der Waals surface area contributed by atoms with Crippen LogP contribution in [0.3, 0.4) is 0 Å². The van der Waals surface area contributed by atoms with E-state index in [1.165, 1.54) is 51.7 Å². The molecule has 1 saturated carbocycles. The lowest BCUT2D eigenvalue weighted by Crippen LogP contribution is -2.45. The highest BCUT2D eigenvalue weighted by molar-refractivity contribution is 4.81. The standard InChI is InChI=1S/C13H26N2/c1-11(2)15-8-4-5-12(10-15)9-14-13-6-3-7-13/h11-14H,3-10H2,1-2H3. The zero-order valence-corrected chi connectivity index (χ0v) is 10.3. The van der Waals surface area contributed by atoms with Crippen LogP contribution in [0, 0.1) is 5.92 Å². The molecule has 1 N–H and O–H groups in total. The van der Waals surface area contributed by atoms with Crippen LogP contribution in [0.1, 0.15) is 46.0 Å². The Hall–Kier alpha value is -0.0800. The van der Waals surface area contributed by atoms with E-state index in [4.69, 9.17) is 0 Å². The Bertz CT molecular complexity index is 187. The summed E-state index contributed by atoms with van der Waals surface area (Å²) in [4.78, 5) is 2.64. The normalized spacial score (nSPS) is 29.4. The molecule has 2 heteroatoms. The van der Waals surface area contributed by atoms with Gasteiger partial charge in [0, 0.05) is 18.6 Å². The van der Waals surface area contributed by atoms with Crippen LogP contribution >= 0.6 is 0 Å². The summed E-state index contributed by atoms with van der Waals surface area (Å²) in [6.45, 7) is 8.53. The van der Waals surface area contributed by atoms with E-state index in [1.54, 1.807) is 0 Å². The maximum Gasteiger partial charge on any atom is 0.00672 e. The van der Waals surface area contributed by atoms with E-state index in [0.29, 0.717) is 0 Å². The predicted octanol–water partition coefficient (Wildman–Crippen LogP) is 2.25. The molecule has 0 aromatic heterocycles. The fraction of sp³-hybridized carbons (Fsp3) is 1.00. The van der Waals surface area contributed by atoms with E-state index in [9.17, 15) is 0 Å². The largest absolute Gasteiger partial charge is 0.314 e. The van der Waals surface area contributed by atoms with Gasteiger partial charge in [0.1, 0.15) is 0 Å². The van der Waals surface area contributed by atoms with Crippen LogP contribution < -0.4 is 5.32 Å². The molecule has 2 nitrogen and oxygen atoms in total. The van der Waals surface area contributed by atoms with Gasteiger partial charge in [-0.2, -0.15) is 0 Å². The molecule has 88 valence electrons. The van der Waals surface area contributed by atoms with Gasteiger partial charge in [0.05, 0.1) is 0 Å². The number of piperidine rings is 1. The van der Waals surface area contributed by atoms with Gasteiger partial charge in [-0.1, -0.05) is 6.42 Å². The van der Waals surface area contributed by atoms with Gasteiger partial charge in [-0.25, -0.2) is 0 Å². The highest BCUT2D eigenvalue weighted by atomic mass is 15.2. The Kier molecular flexibility index (Phi) is 4.04. The minimum Gasteiger partial charge on any atom is -0.314 e. The third-order valence-electron chi connectivity index (χ3n) is 4.08. The van der Waals surface area contributed by atoms with Crippen LogP contribution in [-0.4, -0.2) is 36.6 Å². The van der Waals surface area contributed by atoms with Crippen LogP contribution in [0.5, 0.6) is 0 Å². The average molecular weight is 210 g/mol. The van der Waals surface area contributed by atoms with E-state index in [1.807, 2.05) is 0 Å². The van der Waals surface area contributed by atoms with Gasteiger partial charge in [-0.05, 0) is 58.5 Å². The first kappa shape index (κ1) is 11.4. The maximum absolute atomic E-state index is 3.72. The molecule has 1 saturated heterocycles. The molecule has 0 amide bonds. The van der Waals surface area contributed by atoms with Crippen molar-refractivity contribution in [2.45, 2.75) is 58.0 Å². The van der Waals surface area contributed by atoms with Gasteiger partial charge in [-0.3, -0.25) is 0 Å². The number of nitrogens with one attached hydrogen (secondary N) is 1. The van der Waals surface area contributed by atoms with Crippen molar-refractivity contribution in [3.63, 3.8) is 0 Å². The topological polar surface area (TPSA) is 15.3 Å². The summed E-state index contributed by atoms with van der Waals surface area (Å²) in [6, 6.07) is 1.59. The summed E-state index contributed by atoms with van der Waals surface area (Å²) in [7, 11) is 0. The summed E-state index contributed by atoms with van der Waals surface area (Å²) in [5, 5.41) is 3.72. The summed E-state index contributed by atoms with van der Waals surface area (Å²) in [5.74, 6) is 0.904. The van der Waals surface area contributed by atoms with Gasteiger partial charge in [0.15, 0.2) is 0 Å². The predicted molar refractivity (Wildman–Crippen MR) is 65.1 cm³/mol. The highest BCUT2D eigenvalue weighted by Crippen LogP contribution is 2.21. The first-order valence-corrected chi connectivity index (χ1v) is 6.73. The van der Waals surface area contributed by atoms with Gasteiger partial charge in [-0.15, -0.1) is 0 Å². The smallest absolute Gasteiger partial charge is 0.00672 e. The Morgan fingerprint density at radius 3 is 2.60 bits per heavy atom. The third-order valence-corrected chi connectivity index (χ3v) is 4.08. The number of likely N-dealkylation sites (tertiary alicyclic amines) is 1. The molecule has 0 bridgehead atoms. The minimum atomic E-state index is 0.733. The van der Waals surface area contributed by atoms with Crippen molar-refractivity contribution in [2.24, 2.45) is 5.92 Å². The molecule has 0 aromatic carbocycles. The second kappa shape index (κ2) is 5.31. The Morgan fingerprint density at radius 1 is 1.20 bits per heavy atom. The molecule has 15 heavy (non-hydrogen) atoms. The van der Waals surface area contributed by atoms with Crippen molar-refractivity contribution in [3.8, 4) is 0 Å². The average Bonchev–Trinajstić information content (AvgIpc) is 2.16. The van der Waals surface area contributed by atoms with Crippen molar-refractivity contribution in [1.29, 1.82) is 0 Å². The van der Waals surface area contributed by atoms with Crippen LogP contribution in [0.15, 0.2) is 0 Å². The minimum absolute atomic E-state index is 0.733. The SMILES string of the molecule is CC(C)N1CCCC(CNC2CCC2)C1.